The Morgan fingerprint density at radius 1 is 1.53 bits per heavy atom. The van der Waals surface area contributed by atoms with Crippen LogP contribution in [0.15, 0.2) is 21.2 Å². The van der Waals surface area contributed by atoms with E-state index in [1.54, 1.807) is 6.20 Å². The van der Waals surface area contributed by atoms with Crippen molar-refractivity contribution in [3.63, 3.8) is 0 Å². The van der Waals surface area contributed by atoms with Crippen LogP contribution in [-0.4, -0.2) is 22.7 Å². The molecule has 1 aromatic heterocycles. The van der Waals surface area contributed by atoms with E-state index in [2.05, 4.69) is 49.1 Å². The van der Waals surface area contributed by atoms with Gasteiger partial charge < -0.3 is 10.4 Å². The second-order valence-electron chi connectivity index (χ2n) is 3.40. The molecule has 0 saturated heterocycles. The number of rotatable bonds is 5. The molecule has 0 aliphatic rings. The third-order valence-corrected chi connectivity index (χ3v) is 3.02. The molecule has 1 atom stereocenters. The molecule has 0 fully saturated rings. The lowest BCUT2D eigenvalue weighted by atomic mass is 10.2. The number of nitrogens with one attached hydrogen (secondary N) is 1. The number of aliphatic hydroxyl groups is 1. The van der Waals surface area contributed by atoms with Crippen molar-refractivity contribution in [3.05, 3.63) is 21.2 Å². The number of hydrogen-bond donors (Lipinski definition) is 2. The molecule has 1 heterocycles. The van der Waals surface area contributed by atoms with Gasteiger partial charge in [-0.2, -0.15) is 0 Å². The number of nitrogens with zero attached hydrogens (tertiary/aromatic N) is 1. The van der Waals surface area contributed by atoms with Crippen LogP contribution in [0.5, 0.6) is 0 Å². The maximum Gasteiger partial charge on any atom is 0.140 e. The zero-order valence-electron chi connectivity index (χ0n) is 8.50. The highest BCUT2D eigenvalue weighted by Crippen LogP contribution is 2.24. The first-order chi connectivity index (χ1) is 7.13. The van der Waals surface area contributed by atoms with E-state index in [4.69, 9.17) is 5.11 Å². The van der Waals surface area contributed by atoms with Crippen LogP contribution in [0, 0.1) is 0 Å². The molecule has 0 aromatic carbocycles. The van der Waals surface area contributed by atoms with Crippen molar-refractivity contribution < 1.29 is 5.11 Å². The van der Waals surface area contributed by atoms with E-state index in [-0.39, 0.29) is 6.61 Å². The minimum atomic E-state index is 0.237. The Hall–Kier alpha value is -0.130. The third-order valence-electron chi connectivity index (χ3n) is 1.99. The number of hydrogen-bond acceptors (Lipinski definition) is 3. The Balaban J connectivity index is 2.56. The lowest BCUT2D eigenvalue weighted by Crippen LogP contribution is -2.16. The van der Waals surface area contributed by atoms with E-state index in [1.165, 1.54) is 0 Å². The molecule has 0 amide bonds. The summed E-state index contributed by atoms with van der Waals surface area (Å²) in [5.74, 6) is 0.837. The lowest BCUT2D eigenvalue weighted by molar-refractivity contribution is 0.282. The van der Waals surface area contributed by atoms with Crippen molar-refractivity contribution in [2.45, 2.75) is 25.8 Å². The number of halogens is 2. The Labute approximate surface area is 107 Å². The van der Waals surface area contributed by atoms with Crippen molar-refractivity contribution in [3.8, 4) is 0 Å². The maximum absolute atomic E-state index is 8.71. The molecule has 2 N–H and O–H groups in total. The summed E-state index contributed by atoms with van der Waals surface area (Å²) in [6.07, 6.45) is 3.49. The third kappa shape index (κ3) is 4.49. The first-order valence-electron chi connectivity index (χ1n) is 4.82. The van der Waals surface area contributed by atoms with E-state index >= 15 is 0 Å². The smallest absolute Gasteiger partial charge is 0.140 e. The molecular weight excluding hydrogens is 324 g/mol. The van der Waals surface area contributed by atoms with Crippen molar-refractivity contribution in [2.24, 2.45) is 0 Å². The molecule has 0 aliphatic heterocycles. The fourth-order valence-electron chi connectivity index (χ4n) is 1.22. The molecule has 0 aliphatic carbocycles. The summed E-state index contributed by atoms with van der Waals surface area (Å²) in [4.78, 5) is 4.26. The van der Waals surface area contributed by atoms with Crippen LogP contribution in [0.4, 0.5) is 5.82 Å². The summed E-state index contributed by atoms with van der Waals surface area (Å²) in [7, 11) is 0. The normalized spacial score (nSPS) is 12.5. The Bertz CT molecular complexity index is 320. The van der Waals surface area contributed by atoms with Crippen molar-refractivity contribution >= 4 is 37.7 Å². The molecule has 0 saturated carbocycles. The van der Waals surface area contributed by atoms with Gasteiger partial charge in [-0.1, -0.05) is 0 Å². The van der Waals surface area contributed by atoms with E-state index < -0.39 is 0 Å². The Kier molecular flexibility index (Phi) is 5.56. The zero-order chi connectivity index (χ0) is 11.3. The van der Waals surface area contributed by atoms with Gasteiger partial charge >= 0.3 is 0 Å². The summed E-state index contributed by atoms with van der Waals surface area (Å²) >= 11 is 6.79. The topological polar surface area (TPSA) is 45.1 Å². The summed E-state index contributed by atoms with van der Waals surface area (Å²) in [6.45, 7) is 2.31. The molecule has 0 radical (unpaired) electrons. The van der Waals surface area contributed by atoms with Crippen LogP contribution in [-0.2, 0) is 0 Å². The minimum absolute atomic E-state index is 0.237. The molecule has 5 heteroatoms. The first-order valence-corrected chi connectivity index (χ1v) is 6.40. The molecule has 15 heavy (non-hydrogen) atoms. The van der Waals surface area contributed by atoms with Crippen molar-refractivity contribution in [2.75, 3.05) is 11.9 Å². The van der Waals surface area contributed by atoms with Gasteiger partial charge in [-0.3, -0.25) is 0 Å². The van der Waals surface area contributed by atoms with Gasteiger partial charge in [0.1, 0.15) is 5.82 Å². The van der Waals surface area contributed by atoms with Crippen LogP contribution >= 0.6 is 31.9 Å². The van der Waals surface area contributed by atoms with Crippen LogP contribution in [0.25, 0.3) is 0 Å². The highest BCUT2D eigenvalue weighted by atomic mass is 79.9. The number of aromatic nitrogens is 1. The Morgan fingerprint density at radius 2 is 2.27 bits per heavy atom. The number of aliphatic hydroxyl groups excluding tert-OH is 1. The second kappa shape index (κ2) is 6.45. The fraction of sp³-hybridized carbons (Fsp3) is 0.500. The highest BCUT2D eigenvalue weighted by Gasteiger charge is 2.06. The average molecular weight is 338 g/mol. The molecule has 3 nitrogen and oxygen atoms in total. The van der Waals surface area contributed by atoms with E-state index in [0.29, 0.717) is 6.04 Å². The fourth-order valence-corrected chi connectivity index (χ4v) is 2.33. The molecule has 1 unspecified atom stereocenters. The summed E-state index contributed by atoms with van der Waals surface area (Å²) < 4.78 is 1.88. The van der Waals surface area contributed by atoms with E-state index in [0.717, 1.165) is 27.6 Å². The van der Waals surface area contributed by atoms with Gasteiger partial charge in [0.05, 0.1) is 4.47 Å². The molecule has 0 spiro atoms. The van der Waals surface area contributed by atoms with Crippen LogP contribution in [0.1, 0.15) is 19.8 Å². The molecule has 1 aromatic rings. The maximum atomic E-state index is 8.71. The van der Waals surface area contributed by atoms with Gasteiger partial charge in [0, 0.05) is 23.3 Å². The van der Waals surface area contributed by atoms with Crippen molar-refractivity contribution in [1.82, 2.24) is 4.98 Å². The van der Waals surface area contributed by atoms with Gasteiger partial charge in [0.2, 0.25) is 0 Å². The van der Waals surface area contributed by atoms with Gasteiger partial charge in [0.25, 0.3) is 0 Å². The van der Waals surface area contributed by atoms with Crippen LogP contribution in [0.2, 0.25) is 0 Å². The standard InChI is InChI=1S/C10H14Br2N2O/c1-7(3-2-4-15)14-10-9(12)5-8(11)6-13-10/h5-7,15H,2-4H2,1H3,(H,13,14). The second-order valence-corrected chi connectivity index (χ2v) is 5.17. The SMILES string of the molecule is CC(CCCO)Nc1ncc(Br)cc1Br. The summed E-state index contributed by atoms with van der Waals surface area (Å²) in [5.41, 5.74) is 0. The van der Waals surface area contributed by atoms with Gasteiger partial charge in [-0.15, -0.1) is 0 Å². The zero-order valence-corrected chi connectivity index (χ0v) is 11.7. The predicted molar refractivity (Wildman–Crippen MR) is 69.0 cm³/mol. The van der Waals surface area contributed by atoms with Gasteiger partial charge in [-0.25, -0.2) is 4.98 Å². The number of anilines is 1. The van der Waals surface area contributed by atoms with Gasteiger partial charge in [-0.05, 0) is 57.7 Å². The molecule has 84 valence electrons. The minimum Gasteiger partial charge on any atom is -0.396 e. The quantitative estimate of drug-likeness (QED) is 0.867. The largest absolute Gasteiger partial charge is 0.396 e. The average Bonchev–Trinajstić information content (AvgIpc) is 2.19. The summed E-state index contributed by atoms with van der Waals surface area (Å²) in [6, 6.07) is 2.26. The highest BCUT2D eigenvalue weighted by molar-refractivity contribution is 9.11. The number of pyridine rings is 1. The lowest BCUT2D eigenvalue weighted by Gasteiger charge is -2.14. The summed E-state index contributed by atoms with van der Waals surface area (Å²) in [5, 5.41) is 12.0. The molecule has 0 bridgehead atoms. The van der Waals surface area contributed by atoms with Crippen LogP contribution in [0.3, 0.4) is 0 Å². The van der Waals surface area contributed by atoms with E-state index in [9.17, 15) is 0 Å². The van der Waals surface area contributed by atoms with Gasteiger partial charge in [0.15, 0.2) is 0 Å². The Morgan fingerprint density at radius 3 is 2.87 bits per heavy atom. The molecule has 1 rings (SSSR count). The molecular formula is C10H14Br2N2O. The van der Waals surface area contributed by atoms with Crippen molar-refractivity contribution in [1.29, 1.82) is 0 Å². The first kappa shape index (κ1) is 12.9. The van der Waals surface area contributed by atoms with E-state index in [1.807, 2.05) is 6.07 Å². The monoisotopic (exact) mass is 336 g/mol. The van der Waals surface area contributed by atoms with Crippen LogP contribution < -0.4 is 5.32 Å². The predicted octanol–water partition coefficient (Wildman–Crippen LogP) is 3.18.